The number of rotatable bonds is 5. The van der Waals surface area contributed by atoms with E-state index in [2.05, 4.69) is 5.32 Å². The molecule has 2 atom stereocenters. The van der Waals surface area contributed by atoms with Crippen molar-refractivity contribution in [3.8, 4) is 0 Å². The molecule has 0 saturated heterocycles. The number of aliphatic imine (C=N–C) groups is 1. The summed E-state index contributed by atoms with van der Waals surface area (Å²) in [6.45, 7) is 2.26. The molecule has 1 N–H and O–H groups in total. The van der Waals surface area contributed by atoms with Gasteiger partial charge < -0.3 is 15.1 Å². The monoisotopic (exact) mass is 530 g/mol. The number of halogens is 2. The van der Waals surface area contributed by atoms with Crippen molar-refractivity contribution in [3.63, 3.8) is 0 Å². The fourth-order valence-electron chi connectivity index (χ4n) is 4.99. The van der Waals surface area contributed by atoms with Gasteiger partial charge in [-0.15, -0.1) is 0 Å². The quantitative estimate of drug-likeness (QED) is 0.546. The highest BCUT2D eigenvalue weighted by molar-refractivity contribution is 6.20. The lowest BCUT2D eigenvalue weighted by Gasteiger charge is -2.25. The molecule has 2 aliphatic heterocycles. The third-order valence-electron chi connectivity index (χ3n) is 7.27. The van der Waals surface area contributed by atoms with Gasteiger partial charge in [0, 0.05) is 43.2 Å². The zero-order valence-electron chi connectivity index (χ0n) is 21.9. The van der Waals surface area contributed by atoms with Crippen LogP contribution in [0.25, 0.3) is 0 Å². The predicted molar refractivity (Wildman–Crippen MR) is 144 cm³/mol. The van der Waals surface area contributed by atoms with Gasteiger partial charge in [-0.25, -0.2) is 13.8 Å². The van der Waals surface area contributed by atoms with Crippen molar-refractivity contribution >= 4 is 29.1 Å². The summed E-state index contributed by atoms with van der Waals surface area (Å²) in [6, 6.07) is 16.4. The number of carbonyl (C=O) groups is 3. The van der Waals surface area contributed by atoms with Gasteiger partial charge in [0.25, 0.3) is 11.8 Å². The second kappa shape index (κ2) is 10.4. The third kappa shape index (κ3) is 5.04. The van der Waals surface area contributed by atoms with Crippen LogP contribution in [0, 0.1) is 17.6 Å². The number of carbonyl (C=O) groups excluding carboxylic acids is 3. The van der Waals surface area contributed by atoms with Crippen LogP contribution < -0.4 is 10.2 Å². The summed E-state index contributed by atoms with van der Waals surface area (Å²) in [4.78, 5) is 47.1. The highest BCUT2D eigenvalue weighted by Crippen LogP contribution is 2.29. The van der Waals surface area contributed by atoms with Gasteiger partial charge in [0.05, 0.1) is 11.4 Å². The Kier molecular flexibility index (Phi) is 6.99. The van der Waals surface area contributed by atoms with Gasteiger partial charge in [-0.1, -0.05) is 37.3 Å². The number of hydrogen-bond acceptors (Lipinski definition) is 4. The van der Waals surface area contributed by atoms with Crippen molar-refractivity contribution in [1.82, 2.24) is 10.2 Å². The van der Waals surface area contributed by atoms with Gasteiger partial charge in [-0.3, -0.25) is 14.4 Å². The molecule has 2 heterocycles. The van der Waals surface area contributed by atoms with E-state index in [4.69, 9.17) is 4.99 Å². The molecular weight excluding hydrogens is 502 g/mol. The van der Waals surface area contributed by atoms with Crippen LogP contribution in [-0.2, 0) is 22.4 Å². The zero-order valence-corrected chi connectivity index (χ0v) is 21.9. The van der Waals surface area contributed by atoms with Gasteiger partial charge in [0.2, 0.25) is 12.1 Å². The van der Waals surface area contributed by atoms with Gasteiger partial charge in [0.15, 0.2) is 11.6 Å². The Morgan fingerprint density at radius 1 is 1.03 bits per heavy atom. The molecular formula is C30H28F2N4O3. The normalized spacial score (nSPS) is 17.7. The maximum Gasteiger partial charge on any atom is 0.272 e. The summed E-state index contributed by atoms with van der Waals surface area (Å²) >= 11 is 0. The molecule has 5 rings (SSSR count). The minimum atomic E-state index is -1.21. The molecule has 1 unspecified atom stereocenters. The Labute approximate surface area is 225 Å². The Morgan fingerprint density at radius 2 is 1.79 bits per heavy atom. The van der Waals surface area contributed by atoms with E-state index in [9.17, 15) is 23.2 Å². The number of para-hydroxylation sites is 1. The van der Waals surface area contributed by atoms with Crippen LogP contribution in [-0.4, -0.2) is 55.1 Å². The topological polar surface area (TPSA) is 82.1 Å². The number of benzene rings is 3. The first-order chi connectivity index (χ1) is 18.6. The van der Waals surface area contributed by atoms with Crippen LogP contribution in [0.3, 0.4) is 0 Å². The van der Waals surface area contributed by atoms with Crippen LogP contribution in [0.4, 0.5) is 14.5 Å². The number of hydrogen-bond donors (Lipinski definition) is 1. The fourth-order valence-corrected chi connectivity index (χ4v) is 4.99. The Hall–Kier alpha value is -4.40. The van der Waals surface area contributed by atoms with Crippen molar-refractivity contribution in [2.75, 3.05) is 25.5 Å². The fraction of sp³-hybridized carbons (Fsp3) is 0.267. The van der Waals surface area contributed by atoms with Gasteiger partial charge in [0.1, 0.15) is 0 Å². The molecule has 0 bridgehead atoms. The average Bonchev–Trinajstić information content (AvgIpc) is 3.03. The first-order valence-electron chi connectivity index (χ1n) is 12.7. The number of anilines is 1. The van der Waals surface area contributed by atoms with Crippen molar-refractivity contribution in [3.05, 3.63) is 100 Å². The Bertz CT molecular complexity index is 1520. The lowest BCUT2D eigenvalue weighted by Crippen LogP contribution is -2.47. The molecule has 2 aliphatic rings. The molecule has 0 aromatic heterocycles. The molecule has 0 radical (unpaired) electrons. The second-order valence-electron chi connectivity index (χ2n) is 10.0. The molecule has 0 saturated carbocycles. The molecule has 39 heavy (non-hydrogen) atoms. The standard InChI is InChI=1S/C30H28F2N4O3/c1-17(14-18-8-11-23(31)24(32)15-18)28(37)34-27-30(39)36(3)25-7-5-4-6-22(25)26(33-27)20-9-10-21-19(16-20)12-13-35(2)29(21)38/h4-11,15-17,27H,12-14H2,1-3H3,(H,34,37)/t17-,27?/m0/s1. The van der Waals surface area contributed by atoms with Crippen LogP contribution in [0.15, 0.2) is 65.7 Å². The molecule has 3 aromatic carbocycles. The molecule has 7 nitrogen and oxygen atoms in total. The number of nitrogens with zero attached hydrogens (tertiary/aromatic N) is 3. The Morgan fingerprint density at radius 3 is 2.56 bits per heavy atom. The predicted octanol–water partition coefficient (Wildman–Crippen LogP) is 3.73. The van der Waals surface area contributed by atoms with Crippen molar-refractivity contribution in [2.24, 2.45) is 10.9 Å². The summed E-state index contributed by atoms with van der Waals surface area (Å²) in [5, 5.41) is 2.75. The zero-order chi connectivity index (χ0) is 27.8. The average molecular weight is 531 g/mol. The molecule has 0 aliphatic carbocycles. The van der Waals surface area contributed by atoms with Crippen molar-refractivity contribution < 1.29 is 23.2 Å². The summed E-state index contributed by atoms with van der Waals surface area (Å²) in [7, 11) is 3.40. The number of likely N-dealkylation sites (N-methyl/N-ethyl adjacent to an activating group) is 2. The Balaban J connectivity index is 1.48. The van der Waals surface area contributed by atoms with E-state index in [1.165, 1.54) is 11.0 Å². The highest BCUT2D eigenvalue weighted by Gasteiger charge is 2.32. The summed E-state index contributed by atoms with van der Waals surface area (Å²) in [5.41, 5.74) is 4.62. The first kappa shape index (κ1) is 26.2. The smallest absolute Gasteiger partial charge is 0.272 e. The van der Waals surface area contributed by atoms with E-state index >= 15 is 0 Å². The van der Waals surface area contributed by atoms with Crippen LogP contribution in [0.5, 0.6) is 0 Å². The third-order valence-corrected chi connectivity index (χ3v) is 7.27. The molecule has 9 heteroatoms. The molecule has 3 amide bonds. The van der Waals surface area contributed by atoms with Gasteiger partial charge in [-0.05, 0) is 54.3 Å². The van der Waals surface area contributed by atoms with E-state index in [1.54, 1.807) is 32.0 Å². The van der Waals surface area contributed by atoms with E-state index in [0.29, 0.717) is 35.5 Å². The second-order valence-corrected chi connectivity index (χ2v) is 10.0. The summed E-state index contributed by atoms with van der Waals surface area (Å²) in [5.74, 6) is -3.47. The van der Waals surface area contributed by atoms with E-state index in [0.717, 1.165) is 28.8 Å². The number of nitrogens with one attached hydrogen (secondary N) is 1. The SMILES string of the molecule is C[C@@H](Cc1ccc(F)c(F)c1)C(=O)NC1N=C(c2ccc3c(c2)CCN(C)C3=O)c2ccccc2N(C)C1=O. The molecule has 3 aromatic rings. The van der Waals surface area contributed by atoms with E-state index < -0.39 is 35.5 Å². The van der Waals surface area contributed by atoms with Crippen LogP contribution in [0.2, 0.25) is 0 Å². The van der Waals surface area contributed by atoms with Crippen LogP contribution >= 0.6 is 0 Å². The number of amides is 3. The van der Waals surface area contributed by atoms with E-state index in [-0.39, 0.29) is 12.3 Å². The van der Waals surface area contributed by atoms with Gasteiger partial charge >= 0.3 is 0 Å². The maximum atomic E-state index is 13.7. The van der Waals surface area contributed by atoms with Crippen LogP contribution in [0.1, 0.15) is 39.5 Å². The first-order valence-corrected chi connectivity index (χ1v) is 12.7. The lowest BCUT2D eigenvalue weighted by molar-refractivity contribution is -0.129. The lowest BCUT2D eigenvalue weighted by atomic mass is 9.93. The minimum absolute atomic E-state index is 0.0407. The number of fused-ring (bicyclic) bond motifs is 2. The molecule has 0 fully saturated rings. The summed E-state index contributed by atoms with van der Waals surface area (Å²) < 4.78 is 27.0. The molecule has 0 spiro atoms. The highest BCUT2D eigenvalue weighted by atomic mass is 19.2. The van der Waals surface area contributed by atoms with E-state index in [1.807, 2.05) is 36.4 Å². The molecule has 200 valence electrons. The van der Waals surface area contributed by atoms with Crippen molar-refractivity contribution in [1.29, 1.82) is 0 Å². The summed E-state index contributed by atoms with van der Waals surface area (Å²) in [6.07, 6.45) is -0.355. The maximum absolute atomic E-state index is 13.7. The number of benzodiazepines with no additional fused rings is 1. The van der Waals surface area contributed by atoms with Gasteiger partial charge in [-0.2, -0.15) is 0 Å². The van der Waals surface area contributed by atoms with Crippen molar-refractivity contribution in [2.45, 2.75) is 25.9 Å². The largest absolute Gasteiger partial charge is 0.341 e. The minimum Gasteiger partial charge on any atom is -0.341 e.